The Bertz CT molecular complexity index is 881. The summed E-state index contributed by atoms with van der Waals surface area (Å²) < 4.78 is 0. The van der Waals surface area contributed by atoms with E-state index in [1.54, 1.807) is 12.1 Å². The van der Waals surface area contributed by atoms with Crippen molar-refractivity contribution in [1.82, 2.24) is 0 Å². The Labute approximate surface area is 165 Å². The molecule has 2 atom stereocenters. The van der Waals surface area contributed by atoms with Gasteiger partial charge in [0.1, 0.15) is 31.7 Å². The highest BCUT2D eigenvalue weighted by Gasteiger charge is 2.44. The molecule has 1 saturated heterocycles. The maximum absolute atomic E-state index is 11.7. The number of hydrogen-bond donors (Lipinski definition) is 2. The number of quaternary nitrogens is 2. The Morgan fingerprint density at radius 3 is 1.71 bits per heavy atom. The first-order valence-corrected chi connectivity index (χ1v) is 9.72. The van der Waals surface area contributed by atoms with Crippen LogP contribution in [-0.4, -0.2) is 18.0 Å². The van der Waals surface area contributed by atoms with Crippen molar-refractivity contribution in [2.24, 2.45) is 0 Å². The minimum absolute atomic E-state index is 0.0435. The molecule has 1 fully saturated rings. The van der Waals surface area contributed by atoms with E-state index in [1.165, 1.54) is 20.9 Å². The quantitative estimate of drug-likeness (QED) is 0.510. The number of nitro benzene ring substituents is 1. The molecule has 1 aliphatic heterocycles. The van der Waals surface area contributed by atoms with Crippen LogP contribution >= 0.6 is 0 Å². The molecule has 0 saturated carbocycles. The maximum atomic E-state index is 11.7. The van der Waals surface area contributed by atoms with Gasteiger partial charge in [-0.3, -0.25) is 19.9 Å². The number of rotatable bonds is 6. The van der Waals surface area contributed by atoms with E-state index in [0.29, 0.717) is 0 Å². The zero-order chi connectivity index (χ0) is 19.3. The molecule has 0 spiro atoms. The summed E-state index contributed by atoms with van der Waals surface area (Å²) in [7, 11) is 0. The number of para-hydroxylation sites is 1. The minimum atomic E-state index is -0.242. The number of nitrogens with zero attached hydrogens (tertiary/aromatic N) is 1. The van der Waals surface area contributed by atoms with Crippen molar-refractivity contribution in [1.29, 1.82) is 0 Å². The van der Waals surface area contributed by atoms with Crippen molar-refractivity contribution in [3.8, 4) is 0 Å². The third-order valence-corrected chi connectivity index (χ3v) is 5.58. The fraction of sp³-hybridized carbons (Fsp3) is 0.217. The third-order valence-electron chi connectivity index (χ3n) is 5.58. The molecule has 2 N–H and O–H groups in total. The van der Waals surface area contributed by atoms with Gasteiger partial charge in [0.2, 0.25) is 6.17 Å². The molecule has 0 aliphatic carbocycles. The highest BCUT2D eigenvalue weighted by atomic mass is 16.6. The Morgan fingerprint density at radius 2 is 1.21 bits per heavy atom. The summed E-state index contributed by atoms with van der Waals surface area (Å²) in [6.45, 7) is 3.73. The molecule has 0 radical (unpaired) electrons. The minimum Gasteiger partial charge on any atom is -0.273 e. The molecule has 142 valence electrons. The highest BCUT2D eigenvalue weighted by Crippen LogP contribution is 2.21. The summed E-state index contributed by atoms with van der Waals surface area (Å²) in [5.74, 6) is 0. The van der Waals surface area contributed by atoms with E-state index in [-0.39, 0.29) is 16.8 Å². The summed E-state index contributed by atoms with van der Waals surface area (Å²) in [6.07, 6.45) is 0.0435. The second kappa shape index (κ2) is 8.33. The van der Waals surface area contributed by atoms with E-state index in [9.17, 15) is 10.1 Å². The van der Waals surface area contributed by atoms with Crippen LogP contribution in [-0.2, 0) is 13.1 Å². The van der Waals surface area contributed by atoms with Gasteiger partial charge in [-0.05, 0) is 6.07 Å². The predicted octanol–water partition coefficient (Wildman–Crippen LogP) is 1.78. The van der Waals surface area contributed by atoms with Crippen molar-refractivity contribution in [2.75, 3.05) is 13.1 Å². The Morgan fingerprint density at radius 1 is 0.750 bits per heavy atom. The fourth-order valence-corrected chi connectivity index (χ4v) is 4.33. The van der Waals surface area contributed by atoms with Gasteiger partial charge < -0.3 is 0 Å². The van der Waals surface area contributed by atoms with Crippen molar-refractivity contribution in [2.45, 2.75) is 19.3 Å². The van der Waals surface area contributed by atoms with Gasteiger partial charge in [0.05, 0.1) is 4.92 Å². The van der Waals surface area contributed by atoms with Gasteiger partial charge in [-0.1, -0.05) is 72.8 Å². The van der Waals surface area contributed by atoms with Crippen LogP contribution in [0.5, 0.6) is 0 Å². The van der Waals surface area contributed by atoms with Crippen LogP contribution < -0.4 is 9.80 Å². The number of hydrogen-bond acceptors (Lipinski definition) is 2. The molecule has 1 aliphatic rings. The molecular formula is C23H25N3O2+2. The largest absolute Gasteiger partial charge is 0.285 e. The standard InChI is InChI=1S/C23H23N3O2/c27-26(28)22-14-8-7-13-21(22)23-24(17-19-9-3-1-4-10-19)15-16-25(23)18-20-11-5-2-6-12-20/h1-14,23H,15-18H2/p+2. The van der Waals surface area contributed by atoms with Crippen LogP contribution in [0, 0.1) is 10.1 Å². The van der Waals surface area contributed by atoms with Gasteiger partial charge in [0.15, 0.2) is 0 Å². The molecule has 0 bridgehead atoms. The molecular weight excluding hydrogens is 350 g/mol. The first-order chi connectivity index (χ1) is 13.7. The zero-order valence-electron chi connectivity index (χ0n) is 15.8. The number of nitrogens with one attached hydrogen (secondary N) is 2. The molecule has 5 nitrogen and oxygen atoms in total. The Hall–Kier alpha value is -3.02. The lowest BCUT2D eigenvalue weighted by Crippen LogP contribution is -3.22. The van der Waals surface area contributed by atoms with Gasteiger partial charge in [-0.25, -0.2) is 0 Å². The monoisotopic (exact) mass is 375 g/mol. The van der Waals surface area contributed by atoms with Gasteiger partial charge in [0, 0.05) is 17.2 Å². The molecule has 3 aromatic rings. The van der Waals surface area contributed by atoms with Gasteiger partial charge in [-0.2, -0.15) is 0 Å². The van der Waals surface area contributed by atoms with Gasteiger partial charge in [-0.15, -0.1) is 0 Å². The molecule has 5 heteroatoms. The van der Waals surface area contributed by atoms with Crippen LogP contribution in [0.1, 0.15) is 22.9 Å². The number of benzene rings is 3. The summed E-state index contributed by atoms with van der Waals surface area (Å²) in [6, 6.07) is 28.1. The fourth-order valence-electron chi connectivity index (χ4n) is 4.33. The molecule has 0 amide bonds. The van der Waals surface area contributed by atoms with E-state index in [4.69, 9.17) is 0 Å². The SMILES string of the molecule is O=[N+]([O-])c1ccccc1C1[NH+](Cc2ccccc2)CC[NH+]1Cc1ccccc1. The highest BCUT2D eigenvalue weighted by molar-refractivity contribution is 5.40. The summed E-state index contributed by atoms with van der Waals surface area (Å²) in [5, 5.41) is 11.7. The van der Waals surface area contributed by atoms with Crippen molar-refractivity contribution in [3.05, 3.63) is 112 Å². The summed E-state index contributed by atoms with van der Waals surface area (Å²) >= 11 is 0. The maximum Gasteiger partial charge on any atom is 0.285 e. The van der Waals surface area contributed by atoms with Crippen molar-refractivity contribution in [3.63, 3.8) is 0 Å². The molecule has 0 aromatic heterocycles. The normalized spacial score (nSPS) is 21.5. The summed E-state index contributed by atoms with van der Waals surface area (Å²) in [4.78, 5) is 14.2. The third kappa shape index (κ3) is 3.96. The molecule has 1 heterocycles. The van der Waals surface area contributed by atoms with Gasteiger partial charge in [0.25, 0.3) is 5.69 Å². The lowest BCUT2D eigenvalue weighted by molar-refractivity contribution is -1.09. The molecule has 2 unspecified atom stereocenters. The van der Waals surface area contributed by atoms with E-state index in [2.05, 4.69) is 48.5 Å². The first-order valence-electron chi connectivity index (χ1n) is 9.72. The second-order valence-corrected chi connectivity index (χ2v) is 7.39. The molecule has 3 aromatic carbocycles. The average Bonchev–Trinajstić information content (AvgIpc) is 3.11. The van der Waals surface area contributed by atoms with E-state index < -0.39 is 0 Å². The van der Waals surface area contributed by atoms with E-state index >= 15 is 0 Å². The molecule has 4 rings (SSSR count). The summed E-state index contributed by atoms with van der Waals surface area (Å²) in [5.41, 5.74) is 3.59. The lowest BCUT2D eigenvalue weighted by atomic mass is 10.1. The van der Waals surface area contributed by atoms with Gasteiger partial charge >= 0.3 is 0 Å². The smallest absolute Gasteiger partial charge is 0.273 e. The zero-order valence-corrected chi connectivity index (χ0v) is 15.8. The van der Waals surface area contributed by atoms with Crippen LogP contribution in [0.15, 0.2) is 84.9 Å². The Kier molecular flexibility index (Phi) is 5.46. The lowest BCUT2D eigenvalue weighted by Gasteiger charge is -2.24. The predicted molar refractivity (Wildman–Crippen MR) is 108 cm³/mol. The van der Waals surface area contributed by atoms with Crippen molar-refractivity contribution < 1.29 is 14.7 Å². The van der Waals surface area contributed by atoms with Crippen LogP contribution in [0.2, 0.25) is 0 Å². The van der Waals surface area contributed by atoms with E-state index in [1.807, 2.05) is 24.3 Å². The first kappa shape index (κ1) is 18.3. The Balaban J connectivity index is 1.68. The van der Waals surface area contributed by atoms with E-state index in [0.717, 1.165) is 31.7 Å². The van der Waals surface area contributed by atoms with Crippen LogP contribution in [0.4, 0.5) is 5.69 Å². The van der Waals surface area contributed by atoms with Crippen molar-refractivity contribution >= 4 is 5.69 Å². The topological polar surface area (TPSA) is 52.0 Å². The van der Waals surface area contributed by atoms with Crippen LogP contribution in [0.3, 0.4) is 0 Å². The molecule has 28 heavy (non-hydrogen) atoms. The average molecular weight is 375 g/mol. The second-order valence-electron chi connectivity index (χ2n) is 7.39. The number of nitro groups is 1. The van der Waals surface area contributed by atoms with Crippen LogP contribution in [0.25, 0.3) is 0 Å².